The number of aliphatic imine (C=N–C) groups is 1. The van der Waals surface area contributed by atoms with Crippen LogP contribution in [0.1, 0.15) is 52.7 Å². The SMILES string of the molecule is CCNC(=NCc1ccc(C)cc1OC(C)(C)C)NCCNC(=O)C(C)C. The van der Waals surface area contributed by atoms with E-state index in [4.69, 9.17) is 4.74 Å². The summed E-state index contributed by atoms with van der Waals surface area (Å²) in [5.41, 5.74) is 1.94. The van der Waals surface area contributed by atoms with E-state index in [1.54, 1.807) is 0 Å². The summed E-state index contributed by atoms with van der Waals surface area (Å²) >= 11 is 0. The van der Waals surface area contributed by atoms with E-state index in [9.17, 15) is 4.79 Å². The second kappa shape index (κ2) is 10.8. The second-order valence-electron chi connectivity index (χ2n) is 7.89. The molecule has 1 aromatic carbocycles. The zero-order valence-electron chi connectivity index (χ0n) is 17.9. The summed E-state index contributed by atoms with van der Waals surface area (Å²) < 4.78 is 6.10. The first-order chi connectivity index (χ1) is 12.6. The van der Waals surface area contributed by atoms with Crippen molar-refractivity contribution in [2.75, 3.05) is 19.6 Å². The van der Waals surface area contributed by atoms with E-state index in [2.05, 4.69) is 46.1 Å². The molecular weight excluding hydrogens is 340 g/mol. The number of amides is 1. The molecule has 0 aliphatic rings. The van der Waals surface area contributed by atoms with Gasteiger partial charge in [-0.15, -0.1) is 0 Å². The van der Waals surface area contributed by atoms with Crippen molar-refractivity contribution in [2.45, 2.75) is 60.6 Å². The number of benzene rings is 1. The second-order valence-corrected chi connectivity index (χ2v) is 7.89. The van der Waals surface area contributed by atoms with Crippen molar-refractivity contribution >= 4 is 11.9 Å². The Balaban J connectivity index is 2.73. The number of nitrogens with one attached hydrogen (secondary N) is 3. The summed E-state index contributed by atoms with van der Waals surface area (Å²) in [4.78, 5) is 16.3. The summed E-state index contributed by atoms with van der Waals surface area (Å²) in [6.45, 7) is 16.4. The fraction of sp³-hybridized carbons (Fsp3) is 0.619. The molecule has 0 heterocycles. The standard InChI is InChI=1S/C21H36N4O2/c1-8-22-20(24-12-11-23-19(26)15(2)3)25-14-17-10-9-16(4)13-18(17)27-21(5,6)7/h9-10,13,15H,8,11-12,14H2,1-7H3,(H,23,26)(H2,22,24,25). The highest BCUT2D eigenvalue weighted by atomic mass is 16.5. The van der Waals surface area contributed by atoms with Gasteiger partial charge in [-0.3, -0.25) is 4.79 Å². The first-order valence-electron chi connectivity index (χ1n) is 9.70. The van der Waals surface area contributed by atoms with Gasteiger partial charge in [-0.1, -0.05) is 26.0 Å². The lowest BCUT2D eigenvalue weighted by Crippen LogP contribution is -2.42. The molecule has 0 aromatic heterocycles. The Morgan fingerprint density at radius 1 is 1.15 bits per heavy atom. The van der Waals surface area contributed by atoms with Gasteiger partial charge in [0, 0.05) is 31.1 Å². The number of hydrogen-bond donors (Lipinski definition) is 3. The van der Waals surface area contributed by atoms with E-state index >= 15 is 0 Å². The summed E-state index contributed by atoms with van der Waals surface area (Å²) in [6, 6.07) is 6.19. The number of hydrogen-bond acceptors (Lipinski definition) is 3. The summed E-state index contributed by atoms with van der Waals surface area (Å²) in [7, 11) is 0. The molecule has 27 heavy (non-hydrogen) atoms. The zero-order valence-corrected chi connectivity index (χ0v) is 17.9. The van der Waals surface area contributed by atoms with Crippen molar-refractivity contribution in [3.63, 3.8) is 0 Å². The van der Waals surface area contributed by atoms with Crippen LogP contribution in [0.5, 0.6) is 5.75 Å². The lowest BCUT2D eigenvalue weighted by atomic mass is 10.1. The van der Waals surface area contributed by atoms with Crippen LogP contribution in [-0.4, -0.2) is 37.1 Å². The third-order valence-electron chi connectivity index (χ3n) is 3.63. The number of carbonyl (C=O) groups is 1. The third kappa shape index (κ3) is 9.31. The molecule has 152 valence electrons. The number of ether oxygens (including phenoxy) is 1. The quantitative estimate of drug-likeness (QED) is 0.370. The molecule has 0 saturated carbocycles. The molecule has 6 nitrogen and oxygen atoms in total. The first-order valence-corrected chi connectivity index (χ1v) is 9.70. The van der Waals surface area contributed by atoms with Crippen LogP contribution in [-0.2, 0) is 11.3 Å². The Hall–Kier alpha value is -2.24. The van der Waals surface area contributed by atoms with E-state index in [1.807, 2.05) is 41.5 Å². The smallest absolute Gasteiger partial charge is 0.222 e. The van der Waals surface area contributed by atoms with Gasteiger partial charge in [-0.25, -0.2) is 4.99 Å². The molecule has 0 aliphatic carbocycles. The van der Waals surface area contributed by atoms with E-state index in [0.29, 0.717) is 19.6 Å². The molecule has 0 bridgehead atoms. The molecule has 1 aromatic rings. The van der Waals surface area contributed by atoms with Crippen molar-refractivity contribution < 1.29 is 9.53 Å². The van der Waals surface area contributed by atoms with Crippen LogP contribution in [0.4, 0.5) is 0 Å². The van der Waals surface area contributed by atoms with Gasteiger partial charge < -0.3 is 20.7 Å². The molecule has 1 rings (SSSR count). The average molecular weight is 377 g/mol. The van der Waals surface area contributed by atoms with Crippen molar-refractivity contribution in [1.29, 1.82) is 0 Å². The number of nitrogens with zero attached hydrogens (tertiary/aromatic N) is 1. The van der Waals surface area contributed by atoms with Crippen LogP contribution < -0.4 is 20.7 Å². The Morgan fingerprint density at radius 2 is 1.81 bits per heavy atom. The Labute approximate surface area is 164 Å². The topological polar surface area (TPSA) is 74.8 Å². The molecule has 0 unspecified atom stereocenters. The summed E-state index contributed by atoms with van der Waals surface area (Å²) in [5.74, 6) is 1.64. The minimum absolute atomic E-state index is 0.00493. The van der Waals surface area contributed by atoms with Crippen molar-refractivity contribution in [3.8, 4) is 5.75 Å². The van der Waals surface area contributed by atoms with Gasteiger partial charge in [-0.05, 0) is 46.2 Å². The average Bonchev–Trinajstić information content (AvgIpc) is 2.55. The summed E-state index contributed by atoms with van der Waals surface area (Å²) in [5, 5.41) is 9.37. The molecule has 0 aliphatic heterocycles. The Bertz CT molecular complexity index is 634. The molecule has 0 radical (unpaired) electrons. The molecule has 6 heteroatoms. The minimum atomic E-state index is -0.260. The highest BCUT2D eigenvalue weighted by molar-refractivity contribution is 5.80. The van der Waals surface area contributed by atoms with Crippen LogP contribution >= 0.6 is 0 Å². The fourth-order valence-electron chi connectivity index (χ4n) is 2.29. The third-order valence-corrected chi connectivity index (χ3v) is 3.63. The van der Waals surface area contributed by atoms with Crippen molar-refractivity contribution in [2.24, 2.45) is 10.9 Å². The van der Waals surface area contributed by atoms with Crippen LogP contribution in [0.15, 0.2) is 23.2 Å². The van der Waals surface area contributed by atoms with E-state index < -0.39 is 0 Å². The number of guanidine groups is 1. The predicted octanol–water partition coefficient (Wildman–Crippen LogP) is 3.00. The van der Waals surface area contributed by atoms with E-state index in [0.717, 1.165) is 29.4 Å². The summed E-state index contributed by atoms with van der Waals surface area (Å²) in [6.07, 6.45) is 0. The van der Waals surface area contributed by atoms with E-state index in [-0.39, 0.29) is 17.4 Å². The van der Waals surface area contributed by atoms with Crippen molar-refractivity contribution in [1.82, 2.24) is 16.0 Å². The number of aryl methyl sites for hydroxylation is 1. The number of carbonyl (C=O) groups excluding carboxylic acids is 1. The highest BCUT2D eigenvalue weighted by Crippen LogP contribution is 2.25. The van der Waals surface area contributed by atoms with Crippen LogP contribution in [0.25, 0.3) is 0 Å². The maximum absolute atomic E-state index is 11.6. The number of rotatable bonds is 8. The highest BCUT2D eigenvalue weighted by Gasteiger charge is 2.15. The zero-order chi connectivity index (χ0) is 20.4. The Morgan fingerprint density at radius 3 is 2.41 bits per heavy atom. The minimum Gasteiger partial charge on any atom is -0.488 e. The normalized spacial score (nSPS) is 12.1. The van der Waals surface area contributed by atoms with Gasteiger partial charge in [0.2, 0.25) is 5.91 Å². The molecule has 0 atom stereocenters. The molecular formula is C21H36N4O2. The molecule has 0 saturated heterocycles. The van der Waals surface area contributed by atoms with Gasteiger partial charge in [0.05, 0.1) is 6.54 Å². The van der Waals surface area contributed by atoms with Gasteiger partial charge in [0.15, 0.2) is 5.96 Å². The van der Waals surface area contributed by atoms with Gasteiger partial charge in [0.25, 0.3) is 0 Å². The lowest BCUT2D eigenvalue weighted by Gasteiger charge is -2.23. The molecule has 0 fully saturated rings. The predicted molar refractivity (Wildman–Crippen MR) is 112 cm³/mol. The molecule has 0 spiro atoms. The lowest BCUT2D eigenvalue weighted by molar-refractivity contribution is -0.123. The first kappa shape index (κ1) is 22.8. The van der Waals surface area contributed by atoms with Gasteiger partial charge >= 0.3 is 0 Å². The van der Waals surface area contributed by atoms with Gasteiger partial charge in [0.1, 0.15) is 11.4 Å². The molecule has 1 amide bonds. The van der Waals surface area contributed by atoms with Crippen LogP contribution in [0, 0.1) is 12.8 Å². The van der Waals surface area contributed by atoms with E-state index in [1.165, 1.54) is 0 Å². The maximum atomic E-state index is 11.6. The monoisotopic (exact) mass is 376 g/mol. The van der Waals surface area contributed by atoms with Crippen molar-refractivity contribution in [3.05, 3.63) is 29.3 Å². The van der Waals surface area contributed by atoms with Crippen LogP contribution in [0.3, 0.4) is 0 Å². The molecule has 3 N–H and O–H groups in total. The fourth-order valence-corrected chi connectivity index (χ4v) is 2.29. The Kier molecular flexibility index (Phi) is 9.12. The van der Waals surface area contributed by atoms with Crippen LogP contribution in [0.2, 0.25) is 0 Å². The largest absolute Gasteiger partial charge is 0.488 e. The maximum Gasteiger partial charge on any atom is 0.222 e. The van der Waals surface area contributed by atoms with Gasteiger partial charge in [-0.2, -0.15) is 0 Å².